The Labute approximate surface area is 109 Å². The van der Waals surface area contributed by atoms with Gasteiger partial charge in [0.25, 0.3) is 0 Å². The number of nitrogens with zero attached hydrogens (tertiary/aromatic N) is 1. The molecule has 0 fully saturated rings. The van der Waals surface area contributed by atoms with Crippen LogP contribution in [0.2, 0.25) is 0 Å². The zero-order chi connectivity index (χ0) is 13.8. The third-order valence-electron chi connectivity index (χ3n) is 2.68. The number of carbonyl (C=O) groups excluding carboxylic acids is 2. The summed E-state index contributed by atoms with van der Waals surface area (Å²) in [6, 6.07) is 0. The van der Waals surface area contributed by atoms with E-state index in [0.717, 1.165) is 19.3 Å². The summed E-state index contributed by atoms with van der Waals surface area (Å²) < 4.78 is 5.19. The maximum atomic E-state index is 11.8. The van der Waals surface area contributed by atoms with E-state index in [-0.39, 0.29) is 12.3 Å². The van der Waals surface area contributed by atoms with Crippen molar-refractivity contribution in [3.8, 4) is 0 Å². The Morgan fingerprint density at radius 1 is 1.39 bits per heavy atom. The summed E-state index contributed by atoms with van der Waals surface area (Å²) in [6.45, 7) is 5.55. The molecular weight excluding hydrogens is 230 g/mol. The molecule has 0 saturated heterocycles. The Kier molecular flexibility index (Phi) is 4.93. The maximum absolute atomic E-state index is 11.8. The number of rotatable bonds is 4. The second kappa shape index (κ2) is 6.03. The average molecular weight is 253 g/mol. The molecule has 4 heteroatoms. The lowest BCUT2D eigenvalue weighted by Gasteiger charge is -2.24. The molecule has 102 valence electrons. The van der Waals surface area contributed by atoms with Gasteiger partial charge in [0.1, 0.15) is 5.60 Å². The van der Waals surface area contributed by atoms with Gasteiger partial charge in [-0.3, -0.25) is 4.79 Å². The van der Waals surface area contributed by atoms with E-state index in [0.29, 0.717) is 6.42 Å². The van der Waals surface area contributed by atoms with Crippen molar-refractivity contribution in [2.24, 2.45) is 0 Å². The minimum atomic E-state index is -0.525. The van der Waals surface area contributed by atoms with Gasteiger partial charge in [0.15, 0.2) is 5.78 Å². The molecule has 0 unspecified atom stereocenters. The molecule has 0 saturated carbocycles. The van der Waals surface area contributed by atoms with E-state index >= 15 is 0 Å². The van der Waals surface area contributed by atoms with Crippen molar-refractivity contribution in [3.05, 3.63) is 11.6 Å². The molecule has 0 bridgehead atoms. The van der Waals surface area contributed by atoms with Crippen LogP contribution in [0.15, 0.2) is 11.6 Å². The van der Waals surface area contributed by atoms with Gasteiger partial charge in [0, 0.05) is 13.5 Å². The molecule has 0 radical (unpaired) electrons. The van der Waals surface area contributed by atoms with Gasteiger partial charge in [-0.1, -0.05) is 11.6 Å². The van der Waals surface area contributed by atoms with Crippen LogP contribution in [0.5, 0.6) is 0 Å². The van der Waals surface area contributed by atoms with E-state index in [1.165, 1.54) is 10.5 Å². The first kappa shape index (κ1) is 14.7. The van der Waals surface area contributed by atoms with Gasteiger partial charge in [-0.05, 0) is 40.0 Å². The van der Waals surface area contributed by atoms with E-state index in [2.05, 4.69) is 6.08 Å². The van der Waals surface area contributed by atoms with E-state index in [4.69, 9.17) is 4.74 Å². The standard InChI is InChI=1S/C14H23NO3/c1-14(2,3)18-13(17)15(4)10-12(16)9-11-7-5-6-8-11/h7H,5-6,8-10H2,1-4H3. The molecule has 18 heavy (non-hydrogen) atoms. The zero-order valence-electron chi connectivity index (χ0n) is 11.8. The summed E-state index contributed by atoms with van der Waals surface area (Å²) in [5.41, 5.74) is 0.681. The van der Waals surface area contributed by atoms with Crippen LogP contribution >= 0.6 is 0 Å². The number of Topliss-reactive ketones (excluding diaryl/α,β-unsaturated/α-hetero) is 1. The first-order chi connectivity index (χ1) is 8.28. The van der Waals surface area contributed by atoms with Gasteiger partial charge in [-0.25, -0.2) is 4.79 Å². The highest BCUT2D eigenvalue weighted by Crippen LogP contribution is 2.20. The SMILES string of the molecule is CN(CC(=O)CC1=CCCC1)C(=O)OC(C)(C)C. The normalized spacial score (nSPS) is 15.2. The molecule has 0 aromatic carbocycles. The molecule has 0 spiro atoms. The van der Waals surface area contributed by atoms with Crippen LogP contribution in [-0.4, -0.2) is 36.0 Å². The zero-order valence-corrected chi connectivity index (χ0v) is 11.8. The Morgan fingerprint density at radius 2 is 2.06 bits per heavy atom. The number of ketones is 1. The summed E-state index contributed by atoms with van der Waals surface area (Å²) in [4.78, 5) is 24.8. The monoisotopic (exact) mass is 253 g/mol. The maximum Gasteiger partial charge on any atom is 0.410 e. The fourth-order valence-electron chi connectivity index (χ4n) is 1.88. The molecule has 1 aliphatic carbocycles. The molecule has 0 atom stereocenters. The van der Waals surface area contributed by atoms with Crippen molar-refractivity contribution in [3.63, 3.8) is 0 Å². The first-order valence-electron chi connectivity index (χ1n) is 6.41. The third-order valence-corrected chi connectivity index (χ3v) is 2.68. The van der Waals surface area contributed by atoms with Crippen molar-refractivity contribution < 1.29 is 14.3 Å². The lowest BCUT2D eigenvalue weighted by atomic mass is 10.1. The molecule has 0 aromatic rings. The van der Waals surface area contributed by atoms with Gasteiger partial charge in [0.2, 0.25) is 0 Å². The molecule has 0 heterocycles. The molecule has 1 rings (SSSR count). The number of hydrogen-bond donors (Lipinski definition) is 0. The van der Waals surface area contributed by atoms with Crippen molar-refractivity contribution >= 4 is 11.9 Å². The van der Waals surface area contributed by atoms with Gasteiger partial charge in [0.05, 0.1) is 6.54 Å². The summed E-state index contributed by atoms with van der Waals surface area (Å²) in [6.07, 6.45) is 5.38. The lowest BCUT2D eigenvalue weighted by molar-refractivity contribution is -0.119. The topological polar surface area (TPSA) is 46.6 Å². The molecular formula is C14H23NO3. The number of amides is 1. The number of hydrogen-bond acceptors (Lipinski definition) is 3. The number of carbonyl (C=O) groups is 2. The van der Waals surface area contributed by atoms with Crippen molar-refractivity contribution in [1.29, 1.82) is 0 Å². The smallest absolute Gasteiger partial charge is 0.410 e. The van der Waals surface area contributed by atoms with Crippen LogP contribution in [0.1, 0.15) is 46.5 Å². The summed E-state index contributed by atoms with van der Waals surface area (Å²) in [5.74, 6) is 0.0662. The van der Waals surface area contributed by atoms with Crippen molar-refractivity contribution in [2.75, 3.05) is 13.6 Å². The van der Waals surface area contributed by atoms with E-state index in [1.54, 1.807) is 7.05 Å². The average Bonchev–Trinajstić information content (AvgIpc) is 2.67. The number of allylic oxidation sites excluding steroid dienone is 2. The van der Waals surface area contributed by atoms with Crippen LogP contribution in [0, 0.1) is 0 Å². The lowest BCUT2D eigenvalue weighted by Crippen LogP contribution is -2.37. The van der Waals surface area contributed by atoms with E-state index in [9.17, 15) is 9.59 Å². The van der Waals surface area contributed by atoms with E-state index < -0.39 is 11.7 Å². The van der Waals surface area contributed by atoms with Crippen molar-refractivity contribution in [1.82, 2.24) is 4.90 Å². The number of ether oxygens (including phenoxy) is 1. The Morgan fingerprint density at radius 3 is 2.56 bits per heavy atom. The molecule has 0 aliphatic heterocycles. The fourth-order valence-corrected chi connectivity index (χ4v) is 1.88. The van der Waals surface area contributed by atoms with Gasteiger partial charge >= 0.3 is 6.09 Å². The van der Waals surface area contributed by atoms with Gasteiger partial charge in [-0.15, -0.1) is 0 Å². The molecule has 1 aliphatic rings. The Hall–Kier alpha value is -1.32. The predicted molar refractivity (Wildman–Crippen MR) is 70.4 cm³/mol. The Balaban J connectivity index is 2.36. The highest BCUT2D eigenvalue weighted by atomic mass is 16.6. The largest absolute Gasteiger partial charge is 0.444 e. The van der Waals surface area contributed by atoms with Crippen molar-refractivity contribution in [2.45, 2.75) is 52.1 Å². The van der Waals surface area contributed by atoms with Crippen LogP contribution in [0.25, 0.3) is 0 Å². The van der Waals surface area contributed by atoms with Crippen LogP contribution < -0.4 is 0 Å². The van der Waals surface area contributed by atoms with Crippen LogP contribution in [0.4, 0.5) is 4.79 Å². The predicted octanol–water partition coefficient (Wildman–Crippen LogP) is 2.92. The summed E-state index contributed by atoms with van der Waals surface area (Å²) in [5, 5.41) is 0. The van der Waals surface area contributed by atoms with Gasteiger partial charge in [-0.2, -0.15) is 0 Å². The molecule has 0 N–H and O–H groups in total. The Bertz CT molecular complexity index is 353. The second-order valence-corrected chi connectivity index (χ2v) is 5.81. The quantitative estimate of drug-likeness (QED) is 0.724. The van der Waals surface area contributed by atoms with Gasteiger partial charge < -0.3 is 9.64 Å². The minimum Gasteiger partial charge on any atom is -0.444 e. The van der Waals surface area contributed by atoms with Crippen LogP contribution in [-0.2, 0) is 9.53 Å². The molecule has 4 nitrogen and oxygen atoms in total. The fraction of sp³-hybridized carbons (Fsp3) is 0.714. The highest BCUT2D eigenvalue weighted by molar-refractivity contribution is 5.85. The first-order valence-corrected chi connectivity index (χ1v) is 6.41. The molecule has 1 amide bonds. The summed E-state index contributed by atoms with van der Waals surface area (Å²) in [7, 11) is 1.59. The number of likely N-dealkylation sites (N-methyl/N-ethyl adjacent to an activating group) is 1. The highest BCUT2D eigenvalue weighted by Gasteiger charge is 2.21. The van der Waals surface area contributed by atoms with Crippen LogP contribution in [0.3, 0.4) is 0 Å². The molecule has 0 aromatic heterocycles. The second-order valence-electron chi connectivity index (χ2n) is 5.81. The minimum absolute atomic E-state index is 0.0662. The van der Waals surface area contributed by atoms with E-state index in [1.807, 2.05) is 20.8 Å². The third kappa shape index (κ3) is 5.34. The summed E-state index contributed by atoms with van der Waals surface area (Å²) >= 11 is 0.